The highest BCUT2D eigenvalue weighted by Crippen LogP contribution is 2.36. The maximum Gasteiger partial charge on any atom is 0.228 e. The summed E-state index contributed by atoms with van der Waals surface area (Å²) in [6.07, 6.45) is 0.842. The van der Waals surface area contributed by atoms with E-state index in [9.17, 15) is 4.79 Å². The van der Waals surface area contributed by atoms with Crippen LogP contribution >= 0.6 is 15.9 Å². The molecule has 0 saturated carbocycles. The van der Waals surface area contributed by atoms with Crippen molar-refractivity contribution in [2.75, 3.05) is 5.33 Å². The van der Waals surface area contributed by atoms with E-state index < -0.39 is 0 Å². The Morgan fingerprint density at radius 2 is 1.86 bits per heavy atom. The van der Waals surface area contributed by atoms with E-state index in [1.165, 1.54) is 11.1 Å². The fourth-order valence-electron chi connectivity index (χ4n) is 2.84. The fourth-order valence-corrected chi connectivity index (χ4v) is 3.30. The summed E-state index contributed by atoms with van der Waals surface area (Å²) in [6, 6.07) is 18.3. The van der Waals surface area contributed by atoms with Crippen LogP contribution in [0.1, 0.15) is 29.5 Å². The van der Waals surface area contributed by atoms with Crippen molar-refractivity contribution in [3.63, 3.8) is 0 Å². The lowest BCUT2D eigenvalue weighted by Crippen LogP contribution is -2.48. The molecule has 1 N–H and O–H groups in total. The smallest absolute Gasteiger partial charge is 0.228 e. The molecule has 0 aliphatic heterocycles. The van der Waals surface area contributed by atoms with E-state index in [2.05, 4.69) is 52.4 Å². The van der Waals surface area contributed by atoms with Gasteiger partial charge in [-0.05, 0) is 30.0 Å². The van der Waals surface area contributed by atoms with Crippen molar-refractivity contribution < 1.29 is 4.79 Å². The van der Waals surface area contributed by atoms with Crippen LogP contribution in [-0.4, -0.2) is 11.2 Å². The Bertz CT molecular complexity index is 655. The van der Waals surface area contributed by atoms with Gasteiger partial charge in [-0.25, -0.2) is 0 Å². The van der Waals surface area contributed by atoms with Crippen LogP contribution in [0.2, 0.25) is 0 Å². The standard InChI is InChI=1S/C18H18BrNO/c1-18(12-19,14-8-3-2-4-9-14)20-17(21)16-11-13-7-5-6-10-15(13)16/h2-10,16H,11-12H2,1H3,(H,20,21). The highest BCUT2D eigenvalue weighted by molar-refractivity contribution is 9.09. The van der Waals surface area contributed by atoms with E-state index in [1.807, 2.05) is 30.3 Å². The molecule has 1 amide bonds. The van der Waals surface area contributed by atoms with Crippen LogP contribution in [0.4, 0.5) is 0 Å². The largest absolute Gasteiger partial charge is 0.345 e. The molecule has 0 fully saturated rings. The van der Waals surface area contributed by atoms with E-state index in [4.69, 9.17) is 0 Å². The number of hydrogen-bond acceptors (Lipinski definition) is 1. The number of amides is 1. The molecule has 3 rings (SSSR count). The van der Waals surface area contributed by atoms with Gasteiger partial charge in [-0.1, -0.05) is 70.5 Å². The summed E-state index contributed by atoms with van der Waals surface area (Å²) in [5.74, 6) is 0.0998. The van der Waals surface area contributed by atoms with Gasteiger partial charge in [-0.15, -0.1) is 0 Å². The number of alkyl halides is 1. The van der Waals surface area contributed by atoms with Crippen LogP contribution in [0.3, 0.4) is 0 Å². The first kappa shape index (κ1) is 14.3. The van der Waals surface area contributed by atoms with Crippen molar-refractivity contribution in [3.8, 4) is 0 Å². The van der Waals surface area contributed by atoms with E-state index in [0.717, 1.165) is 12.0 Å². The number of benzene rings is 2. The minimum Gasteiger partial charge on any atom is -0.345 e. The number of nitrogens with one attached hydrogen (secondary N) is 1. The van der Waals surface area contributed by atoms with Gasteiger partial charge < -0.3 is 5.32 Å². The summed E-state index contributed by atoms with van der Waals surface area (Å²) in [4.78, 5) is 12.6. The molecule has 0 saturated heterocycles. The van der Waals surface area contributed by atoms with Crippen LogP contribution in [0.5, 0.6) is 0 Å². The first-order chi connectivity index (χ1) is 10.1. The molecule has 3 heteroatoms. The summed E-state index contributed by atoms with van der Waals surface area (Å²) >= 11 is 3.54. The van der Waals surface area contributed by atoms with E-state index >= 15 is 0 Å². The third kappa shape index (κ3) is 2.62. The molecule has 2 unspecified atom stereocenters. The quantitative estimate of drug-likeness (QED) is 0.841. The molecular weight excluding hydrogens is 326 g/mol. The van der Waals surface area contributed by atoms with Crippen LogP contribution in [0, 0.1) is 0 Å². The van der Waals surface area contributed by atoms with Gasteiger partial charge in [-0.3, -0.25) is 4.79 Å². The molecule has 0 aromatic heterocycles. The average Bonchev–Trinajstić information content (AvgIpc) is 2.49. The van der Waals surface area contributed by atoms with Gasteiger partial charge in [0.2, 0.25) is 5.91 Å². The minimum absolute atomic E-state index is 0.0108. The molecular formula is C18H18BrNO. The van der Waals surface area contributed by atoms with Crippen LogP contribution in [0.25, 0.3) is 0 Å². The summed E-state index contributed by atoms with van der Waals surface area (Å²) in [5, 5.41) is 3.90. The molecule has 0 radical (unpaired) electrons. The minimum atomic E-state index is -0.386. The summed E-state index contributed by atoms with van der Waals surface area (Å²) < 4.78 is 0. The zero-order valence-corrected chi connectivity index (χ0v) is 13.6. The number of rotatable bonds is 4. The summed E-state index contributed by atoms with van der Waals surface area (Å²) in [6.45, 7) is 2.06. The first-order valence-corrected chi connectivity index (χ1v) is 8.27. The second-order valence-corrected chi connectivity index (χ2v) is 6.34. The van der Waals surface area contributed by atoms with Crippen molar-refractivity contribution in [2.45, 2.75) is 24.8 Å². The predicted molar refractivity (Wildman–Crippen MR) is 88.6 cm³/mol. The van der Waals surface area contributed by atoms with Crippen LogP contribution < -0.4 is 5.32 Å². The zero-order valence-electron chi connectivity index (χ0n) is 12.0. The molecule has 2 atom stereocenters. The molecule has 1 aliphatic carbocycles. The highest BCUT2D eigenvalue weighted by atomic mass is 79.9. The number of carbonyl (C=O) groups excluding carboxylic acids is 1. The lowest BCUT2D eigenvalue weighted by atomic mass is 9.76. The highest BCUT2D eigenvalue weighted by Gasteiger charge is 2.36. The van der Waals surface area contributed by atoms with Gasteiger partial charge >= 0.3 is 0 Å². The van der Waals surface area contributed by atoms with Crippen molar-refractivity contribution in [3.05, 3.63) is 71.3 Å². The Labute approximate surface area is 133 Å². The third-order valence-corrected chi connectivity index (χ3v) is 5.37. The Balaban J connectivity index is 1.78. The molecule has 0 heterocycles. The molecule has 108 valence electrons. The van der Waals surface area contributed by atoms with Crippen molar-refractivity contribution in [1.82, 2.24) is 5.32 Å². The third-order valence-electron chi connectivity index (χ3n) is 4.25. The predicted octanol–water partition coefficient (Wildman–Crippen LogP) is 3.75. The SMILES string of the molecule is CC(CBr)(NC(=O)C1Cc2ccccc21)c1ccccc1. The molecule has 2 aromatic carbocycles. The van der Waals surface area contributed by atoms with Crippen molar-refractivity contribution in [1.29, 1.82) is 0 Å². The Hall–Kier alpha value is -1.61. The first-order valence-electron chi connectivity index (χ1n) is 7.15. The molecule has 2 aromatic rings. The van der Waals surface area contributed by atoms with Gasteiger partial charge in [0, 0.05) is 5.33 Å². The lowest BCUT2D eigenvalue weighted by molar-refractivity contribution is -0.124. The topological polar surface area (TPSA) is 29.1 Å². The number of fused-ring (bicyclic) bond motifs is 1. The van der Waals surface area contributed by atoms with E-state index in [1.54, 1.807) is 0 Å². The van der Waals surface area contributed by atoms with Gasteiger partial charge in [0.05, 0.1) is 11.5 Å². The average molecular weight is 344 g/mol. The van der Waals surface area contributed by atoms with Crippen molar-refractivity contribution >= 4 is 21.8 Å². The molecule has 2 nitrogen and oxygen atoms in total. The number of halogens is 1. The Kier molecular flexibility index (Phi) is 3.85. The Morgan fingerprint density at radius 1 is 1.19 bits per heavy atom. The van der Waals surface area contributed by atoms with Crippen LogP contribution in [-0.2, 0) is 16.8 Å². The summed E-state index contributed by atoms with van der Waals surface area (Å²) in [5.41, 5.74) is 3.18. The van der Waals surface area contributed by atoms with Crippen LogP contribution in [0.15, 0.2) is 54.6 Å². The fraction of sp³-hybridized carbons (Fsp3) is 0.278. The maximum absolute atomic E-state index is 12.6. The van der Waals surface area contributed by atoms with Gasteiger partial charge in [-0.2, -0.15) is 0 Å². The Morgan fingerprint density at radius 3 is 2.52 bits per heavy atom. The number of carbonyl (C=O) groups is 1. The summed E-state index contributed by atoms with van der Waals surface area (Å²) in [7, 11) is 0. The molecule has 1 aliphatic rings. The number of hydrogen-bond donors (Lipinski definition) is 1. The van der Waals surface area contributed by atoms with E-state index in [-0.39, 0.29) is 17.4 Å². The van der Waals surface area contributed by atoms with Gasteiger partial charge in [0.1, 0.15) is 0 Å². The molecule has 21 heavy (non-hydrogen) atoms. The molecule has 0 bridgehead atoms. The van der Waals surface area contributed by atoms with Crippen molar-refractivity contribution in [2.24, 2.45) is 0 Å². The maximum atomic E-state index is 12.6. The van der Waals surface area contributed by atoms with Gasteiger partial charge in [0.15, 0.2) is 0 Å². The normalized spacial score (nSPS) is 19.0. The lowest BCUT2D eigenvalue weighted by Gasteiger charge is -2.35. The van der Waals surface area contributed by atoms with Gasteiger partial charge in [0.25, 0.3) is 0 Å². The molecule has 0 spiro atoms. The second kappa shape index (κ2) is 5.64. The zero-order chi connectivity index (χ0) is 14.9. The van der Waals surface area contributed by atoms with E-state index in [0.29, 0.717) is 5.33 Å². The monoisotopic (exact) mass is 343 g/mol. The second-order valence-electron chi connectivity index (χ2n) is 5.78.